The Balaban J connectivity index is 1.48. The standard InChI is InChI=1S/C32H29ClO3S2/c1-4-15-36-25-12-11-24(33)29-31(35)22-17-20(10-13-26(22)37-32(25)29)38-27-8-6-5-7-21(27)30(34)23-16-19(18(2)3)9-14-28(23)38/h5-14,16-18,31,35,38H,4,15H2,1-3H3. The molecule has 38 heavy (non-hydrogen) atoms. The topological polar surface area (TPSA) is 46.5 Å². The third-order valence-electron chi connectivity index (χ3n) is 7.16. The Morgan fingerprint density at radius 3 is 2.58 bits per heavy atom. The Labute approximate surface area is 235 Å². The largest absolute Gasteiger partial charge is 0.492 e. The van der Waals surface area contributed by atoms with Gasteiger partial charge in [0.15, 0.2) is 5.78 Å². The van der Waals surface area contributed by atoms with Crippen LogP contribution in [0.25, 0.3) is 0 Å². The highest BCUT2D eigenvalue weighted by Crippen LogP contribution is 2.59. The number of hydrogen-bond donors (Lipinski definition) is 2. The van der Waals surface area contributed by atoms with Crippen LogP contribution in [0.1, 0.15) is 71.8 Å². The van der Waals surface area contributed by atoms with Crippen molar-refractivity contribution in [3.8, 4) is 5.75 Å². The molecule has 194 valence electrons. The minimum Gasteiger partial charge on any atom is -0.492 e. The Hall–Kier alpha value is -2.70. The second kappa shape index (κ2) is 10.1. The van der Waals surface area contributed by atoms with Crippen molar-refractivity contribution in [3.63, 3.8) is 0 Å². The van der Waals surface area contributed by atoms with E-state index < -0.39 is 17.0 Å². The molecule has 2 aliphatic heterocycles. The second-order valence-electron chi connectivity index (χ2n) is 9.98. The molecule has 0 amide bonds. The third kappa shape index (κ3) is 4.17. The van der Waals surface area contributed by atoms with E-state index in [2.05, 4.69) is 63.2 Å². The highest BCUT2D eigenvalue weighted by Gasteiger charge is 2.33. The van der Waals surface area contributed by atoms with E-state index in [9.17, 15) is 9.90 Å². The van der Waals surface area contributed by atoms with Crippen LogP contribution in [0, 0.1) is 0 Å². The first-order valence-electron chi connectivity index (χ1n) is 12.9. The van der Waals surface area contributed by atoms with Crippen molar-refractivity contribution in [1.82, 2.24) is 0 Å². The minimum absolute atomic E-state index is 0.0886. The quantitative estimate of drug-likeness (QED) is 0.211. The Morgan fingerprint density at radius 2 is 1.79 bits per heavy atom. The van der Waals surface area contributed by atoms with Crippen molar-refractivity contribution in [2.45, 2.75) is 63.7 Å². The normalized spacial score (nSPS) is 18.4. The lowest BCUT2D eigenvalue weighted by atomic mass is 9.96. The van der Waals surface area contributed by atoms with E-state index >= 15 is 0 Å². The molecule has 3 nitrogen and oxygen atoms in total. The summed E-state index contributed by atoms with van der Waals surface area (Å²) in [4.78, 5) is 18.7. The number of benzene rings is 4. The molecule has 0 fully saturated rings. The van der Waals surface area contributed by atoms with Crippen molar-refractivity contribution in [3.05, 3.63) is 106 Å². The van der Waals surface area contributed by atoms with Gasteiger partial charge >= 0.3 is 0 Å². The van der Waals surface area contributed by atoms with Crippen molar-refractivity contribution >= 4 is 40.0 Å². The lowest BCUT2D eigenvalue weighted by Gasteiger charge is -2.33. The lowest BCUT2D eigenvalue weighted by molar-refractivity contribution is 0.103. The number of ketones is 1. The van der Waals surface area contributed by atoms with Crippen molar-refractivity contribution < 1.29 is 14.6 Å². The molecule has 0 radical (unpaired) electrons. The number of hydrogen-bond acceptors (Lipinski definition) is 4. The zero-order valence-corrected chi connectivity index (χ0v) is 24.0. The van der Waals surface area contributed by atoms with Gasteiger partial charge in [0.2, 0.25) is 0 Å². The number of carbonyl (C=O) groups excluding carboxylic acids is 1. The maximum absolute atomic E-state index is 13.6. The van der Waals surface area contributed by atoms with Gasteiger partial charge in [0.1, 0.15) is 11.9 Å². The molecule has 6 heteroatoms. The summed E-state index contributed by atoms with van der Waals surface area (Å²) < 4.78 is 5.99. The summed E-state index contributed by atoms with van der Waals surface area (Å²) in [6, 6.07) is 24.4. The summed E-state index contributed by atoms with van der Waals surface area (Å²) in [5.74, 6) is 1.18. The Morgan fingerprint density at radius 1 is 1.00 bits per heavy atom. The maximum atomic E-state index is 13.6. The minimum atomic E-state index is -0.979. The fraction of sp³-hybridized carbons (Fsp3) is 0.219. The molecule has 1 N–H and O–H groups in total. The third-order valence-corrected chi connectivity index (χ3v) is 11.2. The SMILES string of the molecule is CCCOc1ccc(Cl)c2c1Sc1ccc([SH]3c4ccccc4C(=O)c4cc(C(C)C)ccc43)cc1C2O. The van der Waals surface area contributed by atoms with Gasteiger partial charge in [0, 0.05) is 42.0 Å². The number of aliphatic hydroxyl groups excluding tert-OH is 1. The molecule has 0 spiro atoms. The Bertz CT molecular complexity index is 1580. The molecule has 2 heterocycles. The predicted molar refractivity (Wildman–Crippen MR) is 156 cm³/mol. The van der Waals surface area contributed by atoms with E-state index in [1.54, 1.807) is 17.8 Å². The van der Waals surface area contributed by atoms with Gasteiger partial charge in [-0.3, -0.25) is 4.79 Å². The molecule has 0 bridgehead atoms. The molecule has 6 rings (SSSR count). The van der Waals surface area contributed by atoms with Gasteiger partial charge in [0.05, 0.1) is 11.5 Å². The molecule has 0 saturated heterocycles. The number of carbonyl (C=O) groups is 1. The second-order valence-corrected chi connectivity index (χ2v) is 13.6. The zero-order valence-electron chi connectivity index (χ0n) is 21.5. The molecule has 4 aromatic carbocycles. The first-order valence-corrected chi connectivity index (χ1v) is 15.5. The van der Waals surface area contributed by atoms with E-state index in [-0.39, 0.29) is 5.78 Å². The molecule has 0 aliphatic carbocycles. The number of fused-ring (bicyclic) bond motifs is 4. The summed E-state index contributed by atoms with van der Waals surface area (Å²) in [7, 11) is -0.979. The molecule has 2 aliphatic rings. The van der Waals surface area contributed by atoms with Crippen LogP contribution in [0.3, 0.4) is 0 Å². The van der Waals surface area contributed by atoms with Crippen LogP contribution >= 0.6 is 34.3 Å². The smallest absolute Gasteiger partial charge is 0.195 e. The first-order chi connectivity index (χ1) is 18.4. The van der Waals surface area contributed by atoms with Crippen LogP contribution in [-0.4, -0.2) is 17.5 Å². The van der Waals surface area contributed by atoms with Crippen LogP contribution in [0.2, 0.25) is 5.02 Å². The molecular weight excluding hydrogens is 532 g/mol. The fourth-order valence-electron chi connectivity index (χ4n) is 5.19. The molecule has 4 aromatic rings. The number of aliphatic hydroxyl groups is 1. The van der Waals surface area contributed by atoms with Crippen LogP contribution in [0.15, 0.2) is 97.3 Å². The Kier molecular flexibility index (Phi) is 6.81. The summed E-state index contributed by atoms with van der Waals surface area (Å²) in [6.07, 6.45) is 0.0384. The van der Waals surface area contributed by atoms with Gasteiger partial charge in [-0.2, -0.15) is 10.9 Å². The number of rotatable bonds is 5. The van der Waals surface area contributed by atoms with Crippen LogP contribution in [-0.2, 0) is 0 Å². The molecule has 2 atom stereocenters. The highest BCUT2D eigenvalue weighted by molar-refractivity contribution is 8.17. The van der Waals surface area contributed by atoms with Crippen LogP contribution in [0.4, 0.5) is 0 Å². The first kappa shape index (κ1) is 25.6. The summed E-state index contributed by atoms with van der Waals surface area (Å²) in [5.41, 5.74) is 4.26. The van der Waals surface area contributed by atoms with E-state index in [1.807, 2.05) is 24.3 Å². The van der Waals surface area contributed by atoms with Gasteiger partial charge in [-0.05, 0) is 77.4 Å². The van der Waals surface area contributed by atoms with Crippen molar-refractivity contribution in [1.29, 1.82) is 0 Å². The fourth-order valence-corrected chi connectivity index (χ4v) is 9.30. The van der Waals surface area contributed by atoms with E-state index in [0.717, 1.165) is 58.9 Å². The zero-order chi connectivity index (χ0) is 26.6. The van der Waals surface area contributed by atoms with Crippen molar-refractivity contribution in [2.24, 2.45) is 0 Å². The van der Waals surface area contributed by atoms with Gasteiger partial charge in [-0.25, -0.2) is 0 Å². The predicted octanol–water partition coefficient (Wildman–Crippen LogP) is 8.82. The summed E-state index contributed by atoms with van der Waals surface area (Å²) in [6.45, 7) is 6.98. The molecule has 0 aromatic heterocycles. The van der Waals surface area contributed by atoms with E-state index in [4.69, 9.17) is 16.3 Å². The summed E-state index contributed by atoms with van der Waals surface area (Å²) >= 11 is 8.22. The van der Waals surface area contributed by atoms with E-state index in [1.165, 1.54) is 0 Å². The van der Waals surface area contributed by atoms with Gasteiger partial charge in [-0.15, -0.1) is 0 Å². The van der Waals surface area contributed by atoms with Crippen LogP contribution in [0.5, 0.6) is 5.75 Å². The van der Waals surface area contributed by atoms with Gasteiger partial charge in [0.25, 0.3) is 0 Å². The molecular formula is C32H29ClO3S2. The van der Waals surface area contributed by atoms with Gasteiger partial charge < -0.3 is 9.84 Å². The average molecular weight is 561 g/mol. The van der Waals surface area contributed by atoms with Gasteiger partial charge in [-0.1, -0.05) is 62.3 Å². The molecule has 2 unspecified atom stereocenters. The number of ether oxygens (including phenoxy) is 1. The maximum Gasteiger partial charge on any atom is 0.195 e. The summed E-state index contributed by atoms with van der Waals surface area (Å²) in [5, 5.41) is 12.1. The number of halogens is 1. The van der Waals surface area contributed by atoms with E-state index in [0.29, 0.717) is 23.1 Å². The van der Waals surface area contributed by atoms with Crippen molar-refractivity contribution in [2.75, 3.05) is 6.61 Å². The number of thiol groups is 1. The molecule has 0 saturated carbocycles. The van der Waals surface area contributed by atoms with Crippen LogP contribution < -0.4 is 4.74 Å². The monoisotopic (exact) mass is 560 g/mol. The lowest BCUT2D eigenvalue weighted by Crippen LogP contribution is -2.14. The average Bonchev–Trinajstić information content (AvgIpc) is 2.93. The highest BCUT2D eigenvalue weighted by atomic mass is 35.5.